The van der Waals surface area contributed by atoms with E-state index < -0.39 is 5.97 Å². The lowest BCUT2D eigenvalue weighted by Crippen LogP contribution is -2.24. The zero-order valence-electron chi connectivity index (χ0n) is 9.51. The number of pyridine rings is 1. The van der Waals surface area contributed by atoms with Gasteiger partial charge in [-0.3, -0.25) is 9.59 Å². The van der Waals surface area contributed by atoms with Gasteiger partial charge in [-0.25, -0.2) is 0 Å². The van der Waals surface area contributed by atoms with Crippen molar-refractivity contribution in [1.82, 2.24) is 4.57 Å². The van der Waals surface area contributed by atoms with Crippen molar-refractivity contribution < 1.29 is 9.90 Å². The number of aliphatic carboxylic acids is 1. The summed E-state index contributed by atoms with van der Waals surface area (Å²) in [6, 6.07) is 9.15. The molecule has 0 aliphatic rings. The van der Waals surface area contributed by atoms with Crippen molar-refractivity contribution in [2.45, 2.75) is 19.9 Å². The Labute approximate surface area is 98.1 Å². The molecule has 1 heterocycles. The van der Waals surface area contributed by atoms with Crippen LogP contribution in [0.25, 0.3) is 10.9 Å². The summed E-state index contributed by atoms with van der Waals surface area (Å²) in [6.07, 6.45) is -0.232. The van der Waals surface area contributed by atoms with Gasteiger partial charge in [0, 0.05) is 12.1 Å². The van der Waals surface area contributed by atoms with Crippen molar-refractivity contribution in [3.05, 3.63) is 46.2 Å². The smallest absolute Gasteiger partial charge is 0.308 e. The molecule has 4 heteroatoms. The second kappa shape index (κ2) is 4.41. The molecule has 0 bridgehead atoms. The van der Waals surface area contributed by atoms with E-state index in [-0.39, 0.29) is 12.0 Å². The molecule has 88 valence electrons. The second-order valence-corrected chi connectivity index (χ2v) is 3.85. The van der Waals surface area contributed by atoms with E-state index >= 15 is 0 Å². The van der Waals surface area contributed by atoms with E-state index in [1.54, 1.807) is 10.6 Å². The van der Waals surface area contributed by atoms with Crippen LogP contribution in [0, 0.1) is 0 Å². The van der Waals surface area contributed by atoms with Gasteiger partial charge in [0.1, 0.15) is 0 Å². The van der Waals surface area contributed by atoms with Crippen LogP contribution in [0.2, 0.25) is 0 Å². The predicted octanol–water partition coefficient (Wildman–Crippen LogP) is 1.65. The van der Waals surface area contributed by atoms with Crippen LogP contribution in [0.1, 0.15) is 12.5 Å². The van der Waals surface area contributed by atoms with E-state index in [4.69, 9.17) is 5.11 Å². The highest BCUT2D eigenvalue weighted by Gasteiger charge is 2.10. The van der Waals surface area contributed by atoms with Gasteiger partial charge in [-0.05, 0) is 24.4 Å². The van der Waals surface area contributed by atoms with Crippen LogP contribution in [0.5, 0.6) is 0 Å². The van der Waals surface area contributed by atoms with Gasteiger partial charge >= 0.3 is 5.97 Å². The zero-order valence-corrected chi connectivity index (χ0v) is 9.51. The number of rotatable bonds is 3. The summed E-state index contributed by atoms with van der Waals surface area (Å²) in [4.78, 5) is 22.8. The molecule has 0 aliphatic heterocycles. The summed E-state index contributed by atoms with van der Waals surface area (Å²) < 4.78 is 1.60. The molecule has 0 aliphatic carbocycles. The van der Waals surface area contributed by atoms with Crippen molar-refractivity contribution in [2.75, 3.05) is 0 Å². The van der Waals surface area contributed by atoms with Crippen molar-refractivity contribution in [1.29, 1.82) is 0 Å². The van der Waals surface area contributed by atoms with Crippen molar-refractivity contribution in [2.24, 2.45) is 0 Å². The van der Waals surface area contributed by atoms with Crippen LogP contribution in [0.3, 0.4) is 0 Å². The Hall–Kier alpha value is -2.10. The third-order valence-electron chi connectivity index (χ3n) is 2.74. The van der Waals surface area contributed by atoms with Gasteiger partial charge in [0.05, 0.1) is 11.9 Å². The fraction of sp³-hybridized carbons (Fsp3) is 0.231. The molecule has 0 spiro atoms. The first-order valence-electron chi connectivity index (χ1n) is 5.46. The number of nitrogens with zero attached hydrogens (tertiary/aromatic N) is 1. The molecule has 0 atom stereocenters. The number of aromatic nitrogens is 1. The largest absolute Gasteiger partial charge is 0.481 e. The third kappa shape index (κ3) is 2.06. The summed E-state index contributed by atoms with van der Waals surface area (Å²) in [5.74, 6) is -0.986. The van der Waals surface area contributed by atoms with E-state index in [2.05, 4.69) is 0 Å². The van der Waals surface area contributed by atoms with E-state index in [0.29, 0.717) is 12.1 Å². The third-order valence-corrected chi connectivity index (χ3v) is 2.74. The first-order chi connectivity index (χ1) is 8.13. The van der Waals surface area contributed by atoms with E-state index in [9.17, 15) is 9.59 Å². The molecule has 17 heavy (non-hydrogen) atoms. The highest BCUT2D eigenvalue weighted by molar-refractivity contribution is 5.81. The molecule has 1 N–H and O–H groups in total. The summed E-state index contributed by atoms with van der Waals surface area (Å²) in [5.41, 5.74) is 0.959. The topological polar surface area (TPSA) is 59.3 Å². The Balaban J connectivity index is 2.75. The molecule has 2 rings (SSSR count). The van der Waals surface area contributed by atoms with Crippen LogP contribution in [-0.2, 0) is 17.8 Å². The number of carboxylic acids is 1. The molecular weight excluding hydrogens is 218 g/mol. The van der Waals surface area contributed by atoms with Crippen molar-refractivity contribution in [3.8, 4) is 0 Å². The fourth-order valence-electron chi connectivity index (χ4n) is 1.99. The van der Waals surface area contributed by atoms with Crippen molar-refractivity contribution in [3.63, 3.8) is 0 Å². The molecule has 0 radical (unpaired) electrons. The molecule has 2 aromatic rings. The minimum Gasteiger partial charge on any atom is -0.481 e. The lowest BCUT2D eigenvalue weighted by Gasteiger charge is -2.09. The fourth-order valence-corrected chi connectivity index (χ4v) is 1.99. The van der Waals surface area contributed by atoms with E-state index in [1.165, 1.54) is 0 Å². The number of carbonyl (C=O) groups is 1. The Bertz CT molecular complexity index is 628. The summed E-state index contributed by atoms with van der Waals surface area (Å²) in [7, 11) is 0. The van der Waals surface area contributed by atoms with Gasteiger partial charge in [0.15, 0.2) is 0 Å². The normalized spacial score (nSPS) is 10.6. The summed E-state index contributed by atoms with van der Waals surface area (Å²) in [5, 5.41) is 9.67. The van der Waals surface area contributed by atoms with Gasteiger partial charge in [-0.15, -0.1) is 0 Å². The van der Waals surface area contributed by atoms with Crippen molar-refractivity contribution >= 4 is 16.9 Å². The van der Waals surface area contributed by atoms with Crippen LogP contribution < -0.4 is 5.56 Å². The Morgan fingerprint density at radius 2 is 2.06 bits per heavy atom. The molecule has 1 aromatic carbocycles. The number of para-hydroxylation sites is 1. The molecular formula is C13H13NO3. The number of carboxylic acid groups (broad SMARTS) is 1. The summed E-state index contributed by atoms with van der Waals surface area (Å²) >= 11 is 0. The molecule has 0 amide bonds. The quantitative estimate of drug-likeness (QED) is 0.873. The Morgan fingerprint density at radius 1 is 1.35 bits per heavy atom. The van der Waals surface area contributed by atoms with Crippen LogP contribution >= 0.6 is 0 Å². The number of hydrogen-bond donors (Lipinski definition) is 1. The number of hydrogen-bond acceptors (Lipinski definition) is 2. The summed E-state index contributed by atoms with van der Waals surface area (Å²) in [6.45, 7) is 2.41. The van der Waals surface area contributed by atoms with Crippen LogP contribution in [-0.4, -0.2) is 15.6 Å². The average molecular weight is 231 g/mol. The predicted molar refractivity (Wildman–Crippen MR) is 65.2 cm³/mol. The van der Waals surface area contributed by atoms with Gasteiger partial charge in [-0.2, -0.15) is 0 Å². The molecule has 0 fully saturated rings. The maximum Gasteiger partial charge on any atom is 0.308 e. The molecule has 0 unspecified atom stereocenters. The minimum absolute atomic E-state index is 0.214. The molecule has 0 saturated carbocycles. The first-order valence-corrected chi connectivity index (χ1v) is 5.46. The molecule has 1 aromatic heterocycles. The van der Waals surface area contributed by atoms with Crippen LogP contribution in [0.15, 0.2) is 35.1 Å². The lowest BCUT2D eigenvalue weighted by atomic mass is 10.1. The average Bonchev–Trinajstić information content (AvgIpc) is 2.30. The number of aryl methyl sites for hydroxylation is 1. The van der Waals surface area contributed by atoms with Gasteiger partial charge < -0.3 is 9.67 Å². The number of fused-ring (bicyclic) bond motifs is 1. The van der Waals surface area contributed by atoms with Gasteiger partial charge in [0.25, 0.3) is 5.56 Å². The maximum atomic E-state index is 12.0. The van der Waals surface area contributed by atoms with Gasteiger partial charge in [-0.1, -0.05) is 18.2 Å². The molecule has 0 saturated heterocycles. The maximum absolute atomic E-state index is 12.0. The van der Waals surface area contributed by atoms with E-state index in [0.717, 1.165) is 10.9 Å². The standard InChI is InChI=1S/C13H13NO3/c1-2-14-11-6-4-3-5-9(11)7-10(13(14)17)8-12(15)16/h3-7H,2,8H2,1H3,(H,15,16). The second-order valence-electron chi connectivity index (χ2n) is 3.85. The Morgan fingerprint density at radius 3 is 2.71 bits per heavy atom. The van der Waals surface area contributed by atoms with E-state index in [1.807, 2.05) is 31.2 Å². The van der Waals surface area contributed by atoms with Crippen LogP contribution in [0.4, 0.5) is 0 Å². The highest BCUT2D eigenvalue weighted by atomic mass is 16.4. The SMILES string of the molecule is CCn1c(=O)c(CC(=O)O)cc2ccccc21. The first kappa shape index (κ1) is 11.4. The highest BCUT2D eigenvalue weighted by Crippen LogP contribution is 2.13. The monoisotopic (exact) mass is 231 g/mol. The minimum atomic E-state index is -0.986. The van der Waals surface area contributed by atoms with Gasteiger partial charge in [0.2, 0.25) is 0 Å². The Kier molecular flexibility index (Phi) is 2.95. The molecule has 4 nitrogen and oxygen atoms in total. The zero-order chi connectivity index (χ0) is 12.4. The number of benzene rings is 1. The lowest BCUT2D eigenvalue weighted by molar-refractivity contribution is -0.136.